The predicted octanol–water partition coefficient (Wildman–Crippen LogP) is 1.85. The molecule has 1 aliphatic heterocycles. The summed E-state index contributed by atoms with van der Waals surface area (Å²) in [6.07, 6.45) is 0.500. The standard InChI is InChI=1S/C12H15N3O4/c1-19-12(16)14-7-6-10(8-14)13-9-2-4-11(5-3-9)15(17)18/h2-5,10,13H,6-8H2,1H3/t10-/m0/s1. The second-order valence-electron chi connectivity index (χ2n) is 4.35. The van der Waals surface area contributed by atoms with Crippen molar-refractivity contribution in [3.8, 4) is 0 Å². The van der Waals surface area contributed by atoms with Crippen molar-refractivity contribution in [2.45, 2.75) is 12.5 Å². The van der Waals surface area contributed by atoms with Gasteiger partial charge in [-0.15, -0.1) is 0 Å². The van der Waals surface area contributed by atoms with Crippen LogP contribution in [0.25, 0.3) is 0 Å². The maximum Gasteiger partial charge on any atom is 0.409 e. The van der Waals surface area contributed by atoms with E-state index in [2.05, 4.69) is 10.1 Å². The predicted molar refractivity (Wildman–Crippen MR) is 69.1 cm³/mol. The molecule has 1 aromatic rings. The monoisotopic (exact) mass is 265 g/mol. The van der Waals surface area contributed by atoms with E-state index in [4.69, 9.17) is 0 Å². The zero-order valence-electron chi connectivity index (χ0n) is 10.5. The van der Waals surface area contributed by atoms with E-state index in [0.29, 0.717) is 13.1 Å². The van der Waals surface area contributed by atoms with Gasteiger partial charge in [0.05, 0.1) is 12.0 Å². The van der Waals surface area contributed by atoms with Crippen LogP contribution in [-0.2, 0) is 4.74 Å². The molecular formula is C12H15N3O4. The molecule has 19 heavy (non-hydrogen) atoms. The van der Waals surface area contributed by atoms with Crippen LogP contribution in [0.5, 0.6) is 0 Å². The highest BCUT2D eigenvalue weighted by Crippen LogP contribution is 2.19. The lowest BCUT2D eigenvalue weighted by Crippen LogP contribution is -2.31. The Kier molecular flexibility index (Phi) is 3.84. The van der Waals surface area contributed by atoms with Crippen LogP contribution in [-0.4, -0.2) is 42.2 Å². The smallest absolute Gasteiger partial charge is 0.409 e. The van der Waals surface area contributed by atoms with Crippen LogP contribution in [0, 0.1) is 10.1 Å². The summed E-state index contributed by atoms with van der Waals surface area (Å²) in [5, 5.41) is 13.8. The molecule has 1 amide bonds. The summed E-state index contributed by atoms with van der Waals surface area (Å²) < 4.78 is 4.66. The molecule has 1 saturated heterocycles. The van der Waals surface area contributed by atoms with Gasteiger partial charge in [0.2, 0.25) is 0 Å². The Labute approximate surface area is 110 Å². The lowest BCUT2D eigenvalue weighted by atomic mass is 10.2. The molecule has 0 aliphatic carbocycles. The highest BCUT2D eigenvalue weighted by atomic mass is 16.6. The van der Waals surface area contributed by atoms with Crippen LogP contribution < -0.4 is 5.32 Å². The molecule has 2 rings (SSSR count). The molecule has 1 heterocycles. The van der Waals surface area contributed by atoms with Crippen LogP contribution in [0.15, 0.2) is 24.3 Å². The minimum Gasteiger partial charge on any atom is -0.453 e. The van der Waals surface area contributed by atoms with Crippen molar-refractivity contribution >= 4 is 17.5 Å². The number of anilines is 1. The first kappa shape index (κ1) is 13.1. The van der Waals surface area contributed by atoms with E-state index < -0.39 is 4.92 Å². The van der Waals surface area contributed by atoms with Crippen LogP contribution in [0.2, 0.25) is 0 Å². The minimum absolute atomic E-state index is 0.0631. The molecule has 0 saturated carbocycles. The topological polar surface area (TPSA) is 84.7 Å². The number of nitro benzene ring substituents is 1. The van der Waals surface area contributed by atoms with Gasteiger partial charge in [-0.3, -0.25) is 10.1 Å². The van der Waals surface area contributed by atoms with Crippen molar-refractivity contribution in [1.82, 2.24) is 4.90 Å². The van der Waals surface area contributed by atoms with Crippen molar-refractivity contribution in [2.75, 3.05) is 25.5 Å². The molecular weight excluding hydrogens is 250 g/mol. The highest BCUT2D eigenvalue weighted by molar-refractivity contribution is 5.68. The SMILES string of the molecule is COC(=O)N1CC[C@H](Nc2ccc([N+](=O)[O-])cc2)C1. The van der Waals surface area contributed by atoms with Gasteiger partial charge in [-0.25, -0.2) is 4.79 Å². The number of nitro groups is 1. The molecule has 0 bridgehead atoms. The zero-order valence-corrected chi connectivity index (χ0v) is 10.5. The van der Waals surface area contributed by atoms with Crippen LogP contribution in [0.1, 0.15) is 6.42 Å². The van der Waals surface area contributed by atoms with Crippen molar-refractivity contribution in [1.29, 1.82) is 0 Å². The third kappa shape index (κ3) is 3.12. The van der Waals surface area contributed by atoms with E-state index in [1.165, 1.54) is 19.2 Å². The first-order valence-corrected chi connectivity index (χ1v) is 5.94. The summed E-state index contributed by atoms with van der Waals surface area (Å²) >= 11 is 0. The van der Waals surface area contributed by atoms with Crippen LogP contribution >= 0.6 is 0 Å². The number of methoxy groups -OCH3 is 1. The molecule has 0 aromatic heterocycles. The number of carbonyl (C=O) groups is 1. The number of carbonyl (C=O) groups excluding carboxylic acids is 1. The van der Waals surface area contributed by atoms with Gasteiger partial charge in [0.15, 0.2) is 0 Å². The van der Waals surface area contributed by atoms with Crippen LogP contribution in [0.3, 0.4) is 0 Å². The number of benzene rings is 1. The fourth-order valence-corrected chi connectivity index (χ4v) is 2.09. The van der Waals surface area contributed by atoms with E-state index in [-0.39, 0.29) is 17.8 Å². The lowest BCUT2D eigenvalue weighted by molar-refractivity contribution is -0.384. The summed E-state index contributed by atoms with van der Waals surface area (Å²) in [6.45, 7) is 1.22. The fourth-order valence-electron chi connectivity index (χ4n) is 2.09. The average molecular weight is 265 g/mol. The third-order valence-electron chi connectivity index (χ3n) is 3.07. The Morgan fingerprint density at radius 1 is 1.47 bits per heavy atom. The van der Waals surface area contributed by atoms with E-state index in [9.17, 15) is 14.9 Å². The Bertz CT molecular complexity index is 474. The number of nitrogens with one attached hydrogen (secondary N) is 1. The molecule has 7 nitrogen and oxygen atoms in total. The fraction of sp³-hybridized carbons (Fsp3) is 0.417. The van der Waals surface area contributed by atoms with Gasteiger partial charge in [0, 0.05) is 37.0 Å². The van der Waals surface area contributed by atoms with Gasteiger partial charge in [0.1, 0.15) is 0 Å². The largest absolute Gasteiger partial charge is 0.453 e. The third-order valence-corrected chi connectivity index (χ3v) is 3.07. The zero-order chi connectivity index (χ0) is 13.8. The van der Waals surface area contributed by atoms with Gasteiger partial charge in [-0.05, 0) is 18.6 Å². The van der Waals surface area contributed by atoms with E-state index in [1.807, 2.05) is 0 Å². The number of likely N-dealkylation sites (tertiary alicyclic amines) is 1. The number of amides is 1. The van der Waals surface area contributed by atoms with Gasteiger partial charge in [-0.1, -0.05) is 0 Å². The Balaban J connectivity index is 1.92. The number of hydrogen-bond donors (Lipinski definition) is 1. The molecule has 0 radical (unpaired) electrons. The molecule has 1 aromatic carbocycles. The molecule has 7 heteroatoms. The van der Waals surface area contributed by atoms with E-state index in [0.717, 1.165) is 12.1 Å². The Morgan fingerprint density at radius 2 is 2.16 bits per heavy atom. The van der Waals surface area contributed by atoms with E-state index in [1.54, 1.807) is 17.0 Å². The first-order chi connectivity index (χ1) is 9.10. The van der Waals surface area contributed by atoms with Gasteiger partial charge in [-0.2, -0.15) is 0 Å². The minimum atomic E-state index is -0.432. The summed E-state index contributed by atoms with van der Waals surface area (Å²) in [4.78, 5) is 23.1. The molecule has 0 unspecified atom stereocenters. The number of non-ortho nitro benzene ring substituents is 1. The van der Waals surface area contributed by atoms with Crippen molar-refractivity contribution < 1.29 is 14.5 Å². The summed E-state index contributed by atoms with van der Waals surface area (Å²) in [5.41, 5.74) is 0.871. The lowest BCUT2D eigenvalue weighted by Gasteiger charge is -2.16. The number of nitrogens with zero attached hydrogens (tertiary/aromatic N) is 2. The maximum absolute atomic E-state index is 11.3. The molecule has 1 N–H and O–H groups in total. The Hall–Kier alpha value is -2.31. The number of ether oxygens (including phenoxy) is 1. The number of rotatable bonds is 3. The first-order valence-electron chi connectivity index (χ1n) is 5.94. The van der Waals surface area contributed by atoms with Crippen molar-refractivity contribution in [2.24, 2.45) is 0 Å². The molecule has 1 fully saturated rings. The van der Waals surface area contributed by atoms with Crippen molar-refractivity contribution in [3.63, 3.8) is 0 Å². The maximum atomic E-state index is 11.3. The second-order valence-corrected chi connectivity index (χ2v) is 4.35. The van der Waals surface area contributed by atoms with Gasteiger partial charge >= 0.3 is 6.09 Å². The summed E-state index contributed by atoms with van der Waals surface area (Å²) in [6, 6.07) is 6.38. The molecule has 1 aliphatic rings. The van der Waals surface area contributed by atoms with Gasteiger partial charge in [0.25, 0.3) is 5.69 Å². The van der Waals surface area contributed by atoms with Crippen LogP contribution in [0.4, 0.5) is 16.2 Å². The highest BCUT2D eigenvalue weighted by Gasteiger charge is 2.26. The summed E-state index contributed by atoms with van der Waals surface area (Å²) in [7, 11) is 1.36. The Morgan fingerprint density at radius 3 is 2.74 bits per heavy atom. The number of hydrogen-bond acceptors (Lipinski definition) is 5. The molecule has 1 atom stereocenters. The van der Waals surface area contributed by atoms with Gasteiger partial charge < -0.3 is 15.0 Å². The molecule has 102 valence electrons. The second kappa shape index (κ2) is 5.55. The summed E-state index contributed by atoms with van der Waals surface area (Å²) in [5.74, 6) is 0. The van der Waals surface area contributed by atoms with E-state index >= 15 is 0 Å². The normalized spacial score (nSPS) is 18.2. The quantitative estimate of drug-likeness (QED) is 0.666. The van der Waals surface area contributed by atoms with Crippen molar-refractivity contribution in [3.05, 3.63) is 34.4 Å². The average Bonchev–Trinajstić information content (AvgIpc) is 2.87. The molecule has 0 spiro atoms.